The van der Waals surface area contributed by atoms with Gasteiger partial charge >= 0.3 is 5.97 Å². The van der Waals surface area contributed by atoms with Crippen LogP contribution in [0, 0.1) is 18.8 Å². The van der Waals surface area contributed by atoms with Gasteiger partial charge < -0.3 is 4.74 Å². The van der Waals surface area contributed by atoms with E-state index in [-0.39, 0.29) is 17.9 Å². The smallest absolute Gasteiger partial charge is 0.325 e. The third-order valence-corrected chi connectivity index (χ3v) is 5.93. The van der Waals surface area contributed by atoms with Gasteiger partial charge in [0.2, 0.25) is 0 Å². The van der Waals surface area contributed by atoms with Crippen LogP contribution in [0.15, 0.2) is 53.4 Å². The maximum Gasteiger partial charge on any atom is 0.325 e. The van der Waals surface area contributed by atoms with Gasteiger partial charge in [-0.25, -0.2) is 8.42 Å². The second-order valence-electron chi connectivity index (χ2n) is 5.61. The fourth-order valence-electron chi connectivity index (χ4n) is 2.23. The number of halogens is 1. The van der Waals surface area contributed by atoms with Gasteiger partial charge in [0.05, 0.1) is 11.5 Å². The molecule has 0 bridgehead atoms. The molecule has 2 rings (SSSR count). The second-order valence-corrected chi connectivity index (χ2v) is 8.18. The number of esters is 1. The first-order valence-electron chi connectivity index (χ1n) is 8.06. The Bertz CT molecular complexity index is 921. The van der Waals surface area contributed by atoms with Crippen LogP contribution >= 0.6 is 11.6 Å². The molecular formula is C20H19ClO4S. The minimum absolute atomic E-state index is 0.0782. The lowest BCUT2D eigenvalue weighted by Crippen LogP contribution is -2.32. The van der Waals surface area contributed by atoms with Crippen molar-refractivity contribution in [3.05, 3.63) is 64.7 Å². The van der Waals surface area contributed by atoms with Crippen molar-refractivity contribution in [2.24, 2.45) is 0 Å². The van der Waals surface area contributed by atoms with Crippen LogP contribution in [0.25, 0.3) is 0 Å². The molecule has 4 nitrogen and oxygen atoms in total. The van der Waals surface area contributed by atoms with Crippen molar-refractivity contribution in [1.82, 2.24) is 0 Å². The first-order chi connectivity index (χ1) is 12.3. The largest absolute Gasteiger partial charge is 0.465 e. The first kappa shape index (κ1) is 20.0. The maximum absolute atomic E-state index is 12.9. The molecule has 0 aromatic heterocycles. The molecule has 26 heavy (non-hydrogen) atoms. The van der Waals surface area contributed by atoms with E-state index in [1.54, 1.807) is 43.3 Å². The van der Waals surface area contributed by atoms with Crippen LogP contribution in [-0.4, -0.2) is 26.2 Å². The van der Waals surface area contributed by atoms with Crippen molar-refractivity contribution in [3.8, 4) is 11.8 Å². The van der Waals surface area contributed by atoms with Gasteiger partial charge in [0.25, 0.3) is 0 Å². The molecule has 2 aromatic carbocycles. The normalized spacial score (nSPS) is 12.0. The molecule has 1 atom stereocenters. The van der Waals surface area contributed by atoms with Gasteiger partial charge in [-0.1, -0.05) is 41.1 Å². The van der Waals surface area contributed by atoms with E-state index in [0.717, 1.165) is 5.56 Å². The van der Waals surface area contributed by atoms with Crippen molar-refractivity contribution in [2.75, 3.05) is 6.61 Å². The van der Waals surface area contributed by atoms with E-state index in [1.165, 1.54) is 12.1 Å². The molecule has 0 heterocycles. The van der Waals surface area contributed by atoms with Crippen LogP contribution in [0.1, 0.15) is 24.5 Å². The minimum Gasteiger partial charge on any atom is -0.465 e. The second kappa shape index (κ2) is 8.88. The van der Waals surface area contributed by atoms with Gasteiger partial charge in [-0.3, -0.25) is 4.79 Å². The fraction of sp³-hybridized carbons (Fsp3) is 0.250. The highest BCUT2D eigenvalue weighted by Crippen LogP contribution is 2.20. The Kier molecular flexibility index (Phi) is 6.84. The number of carbonyl (C=O) groups is 1. The molecule has 0 N–H and O–H groups in total. The van der Waals surface area contributed by atoms with Gasteiger partial charge in [-0.15, -0.1) is 0 Å². The van der Waals surface area contributed by atoms with Crippen molar-refractivity contribution < 1.29 is 17.9 Å². The van der Waals surface area contributed by atoms with E-state index in [9.17, 15) is 13.2 Å². The van der Waals surface area contributed by atoms with E-state index in [4.69, 9.17) is 16.3 Å². The molecule has 0 aliphatic rings. The zero-order chi connectivity index (χ0) is 19.2. The summed E-state index contributed by atoms with van der Waals surface area (Å²) in [5, 5.41) is -0.785. The molecule has 0 spiro atoms. The molecule has 2 aromatic rings. The molecule has 0 fully saturated rings. The van der Waals surface area contributed by atoms with Gasteiger partial charge in [0.1, 0.15) is 0 Å². The lowest BCUT2D eigenvalue weighted by molar-refractivity contribution is -0.142. The van der Waals surface area contributed by atoms with E-state index < -0.39 is 21.1 Å². The van der Waals surface area contributed by atoms with Crippen LogP contribution in [0.3, 0.4) is 0 Å². The molecule has 0 aliphatic heterocycles. The molecule has 0 aliphatic carbocycles. The molecular weight excluding hydrogens is 372 g/mol. The molecule has 136 valence electrons. The van der Waals surface area contributed by atoms with Crippen LogP contribution in [0.4, 0.5) is 0 Å². The third kappa shape index (κ3) is 5.10. The monoisotopic (exact) mass is 390 g/mol. The summed E-state index contributed by atoms with van der Waals surface area (Å²) in [4.78, 5) is 12.3. The summed E-state index contributed by atoms with van der Waals surface area (Å²) in [5.41, 5.74) is 1.61. The van der Waals surface area contributed by atoms with Crippen LogP contribution in [0.5, 0.6) is 0 Å². The zero-order valence-corrected chi connectivity index (χ0v) is 16.1. The Balaban J connectivity index is 2.30. The van der Waals surface area contributed by atoms with E-state index in [2.05, 4.69) is 11.8 Å². The number of aryl methyl sites for hydroxylation is 1. The van der Waals surface area contributed by atoms with Crippen LogP contribution < -0.4 is 0 Å². The number of carbonyl (C=O) groups excluding carboxylic acids is 1. The van der Waals surface area contributed by atoms with E-state index in [0.29, 0.717) is 10.6 Å². The standard InChI is InChI=1S/C20H19ClO4S/c1-3-25-20(22)19(6-4-5-16-9-11-17(21)12-10-16)26(23,24)18-13-7-15(2)8-14-18/h7-14,19H,3,6H2,1-2H3. The average Bonchev–Trinajstić information content (AvgIpc) is 2.60. The first-order valence-corrected chi connectivity index (χ1v) is 9.98. The number of rotatable bonds is 5. The topological polar surface area (TPSA) is 60.4 Å². The van der Waals surface area contributed by atoms with Crippen molar-refractivity contribution in [2.45, 2.75) is 30.4 Å². The zero-order valence-electron chi connectivity index (χ0n) is 14.5. The Hall–Kier alpha value is -2.29. The Morgan fingerprint density at radius 3 is 2.31 bits per heavy atom. The molecule has 0 saturated heterocycles. The van der Waals surface area contributed by atoms with Gasteiger partial charge in [-0.2, -0.15) is 0 Å². The third-order valence-electron chi connectivity index (χ3n) is 3.64. The highest BCUT2D eigenvalue weighted by molar-refractivity contribution is 7.92. The van der Waals surface area contributed by atoms with Crippen molar-refractivity contribution >= 4 is 27.4 Å². The molecule has 6 heteroatoms. The van der Waals surface area contributed by atoms with Crippen molar-refractivity contribution in [1.29, 1.82) is 0 Å². The Morgan fingerprint density at radius 1 is 1.12 bits per heavy atom. The van der Waals surface area contributed by atoms with Gasteiger partial charge in [0, 0.05) is 17.0 Å². The summed E-state index contributed by atoms with van der Waals surface area (Å²) in [6, 6.07) is 13.2. The summed E-state index contributed by atoms with van der Waals surface area (Å²) in [6.07, 6.45) is -0.155. The number of sulfone groups is 1. The molecule has 0 saturated carbocycles. The quantitative estimate of drug-likeness (QED) is 0.575. The summed E-state index contributed by atoms with van der Waals surface area (Å²) >= 11 is 5.82. The van der Waals surface area contributed by atoms with Crippen LogP contribution in [0.2, 0.25) is 5.02 Å². The number of hydrogen-bond acceptors (Lipinski definition) is 4. The maximum atomic E-state index is 12.9. The fourth-order valence-corrected chi connectivity index (χ4v) is 3.82. The predicted molar refractivity (Wildman–Crippen MR) is 102 cm³/mol. The van der Waals surface area contributed by atoms with Gasteiger partial charge in [0.15, 0.2) is 15.1 Å². The Labute approximate surface area is 159 Å². The average molecular weight is 391 g/mol. The lowest BCUT2D eigenvalue weighted by Gasteiger charge is -2.14. The lowest BCUT2D eigenvalue weighted by atomic mass is 10.2. The van der Waals surface area contributed by atoms with Gasteiger partial charge in [-0.05, 0) is 50.2 Å². The number of benzene rings is 2. The highest BCUT2D eigenvalue weighted by atomic mass is 35.5. The van der Waals surface area contributed by atoms with Crippen molar-refractivity contribution in [3.63, 3.8) is 0 Å². The van der Waals surface area contributed by atoms with E-state index >= 15 is 0 Å². The minimum atomic E-state index is -3.90. The molecule has 1 unspecified atom stereocenters. The van der Waals surface area contributed by atoms with Crippen LogP contribution in [-0.2, 0) is 19.4 Å². The number of ether oxygens (including phenoxy) is 1. The summed E-state index contributed by atoms with van der Waals surface area (Å²) in [6.45, 7) is 3.59. The highest BCUT2D eigenvalue weighted by Gasteiger charge is 2.34. The molecule has 0 amide bonds. The summed E-state index contributed by atoms with van der Waals surface area (Å²) in [5.74, 6) is 4.83. The predicted octanol–water partition coefficient (Wildman–Crippen LogP) is 3.80. The number of hydrogen-bond donors (Lipinski definition) is 0. The SMILES string of the molecule is CCOC(=O)C(CC#Cc1ccc(Cl)cc1)S(=O)(=O)c1ccc(C)cc1. The Morgan fingerprint density at radius 2 is 1.73 bits per heavy atom. The summed E-state index contributed by atoms with van der Waals surface area (Å²) in [7, 11) is -3.90. The summed E-state index contributed by atoms with van der Waals surface area (Å²) < 4.78 is 30.7. The van der Waals surface area contributed by atoms with E-state index in [1.807, 2.05) is 6.92 Å². The molecule has 0 radical (unpaired) electrons.